The quantitative estimate of drug-likeness (QED) is 0.651. The number of nitrogens with one attached hydrogen (secondary N) is 3. The Labute approximate surface area is 118 Å². The highest BCUT2D eigenvalue weighted by Crippen LogP contribution is 2.13. The minimum atomic E-state index is -0.566. The van der Waals surface area contributed by atoms with Crippen molar-refractivity contribution in [3.05, 3.63) is 45.5 Å². The molecule has 0 aliphatic heterocycles. The minimum absolute atomic E-state index is 0.183. The van der Waals surface area contributed by atoms with Crippen molar-refractivity contribution in [2.45, 2.75) is 13.3 Å². The van der Waals surface area contributed by atoms with E-state index in [1.807, 2.05) is 12.1 Å². The molecule has 0 aliphatic rings. The third-order valence-electron chi connectivity index (χ3n) is 3.02. The van der Waals surface area contributed by atoms with Gasteiger partial charge in [0.1, 0.15) is 12.1 Å². The number of fused-ring (bicyclic) bond motifs is 1. The molecule has 8 heteroatoms. The first-order chi connectivity index (χ1) is 10.2. The average molecular weight is 286 g/mol. The third kappa shape index (κ3) is 2.42. The van der Waals surface area contributed by atoms with Crippen molar-refractivity contribution in [2.24, 2.45) is 0 Å². The van der Waals surface area contributed by atoms with Crippen LogP contribution in [0.5, 0.6) is 0 Å². The van der Waals surface area contributed by atoms with Gasteiger partial charge in [-0.2, -0.15) is 0 Å². The van der Waals surface area contributed by atoms with Gasteiger partial charge < -0.3 is 5.32 Å². The molecule has 0 bridgehead atoms. The molecule has 0 fully saturated rings. The van der Waals surface area contributed by atoms with Crippen molar-refractivity contribution in [3.63, 3.8) is 0 Å². The highest BCUT2D eigenvalue weighted by molar-refractivity contribution is 5.71. The first kappa shape index (κ1) is 13.1. The number of aromatic amines is 2. The molecule has 3 N–H and O–H groups in total. The summed E-state index contributed by atoms with van der Waals surface area (Å²) in [6.45, 7) is 2.93. The second kappa shape index (κ2) is 5.23. The lowest BCUT2D eigenvalue weighted by Crippen LogP contribution is -2.22. The zero-order valence-corrected chi connectivity index (χ0v) is 11.4. The lowest BCUT2D eigenvalue weighted by atomic mass is 10.4. The molecule has 0 amide bonds. The Morgan fingerprint density at radius 3 is 2.81 bits per heavy atom. The summed E-state index contributed by atoms with van der Waals surface area (Å²) in [6, 6.07) is 3.67. The number of anilines is 1. The number of H-pyrrole nitrogens is 2. The summed E-state index contributed by atoms with van der Waals surface area (Å²) in [5.41, 5.74) is 0.161. The largest absolute Gasteiger partial charge is 0.370 e. The van der Waals surface area contributed by atoms with Gasteiger partial charge in [-0.1, -0.05) is 6.92 Å². The van der Waals surface area contributed by atoms with Crippen LogP contribution in [0.4, 0.5) is 5.82 Å². The van der Waals surface area contributed by atoms with Crippen LogP contribution in [-0.4, -0.2) is 31.0 Å². The van der Waals surface area contributed by atoms with Crippen molar-refractivity contribution in [2.75, 3.05) is 11.9 Å². The van der Waals surface area contributed by atoms with Crippen molar-refractivity contribution in [3.8, 4) is 5.69 Å². The molecule has 0 aliphatic carbocycles. The molecule has 0 radical (unpaired) electrons. The summed E-state index contributed by atoms with van der Waals surface area (Å²) in [7, 11) is 0. The maximum Gasteiger partial charge on any atom is 0.327 e. The van der Waals surface area contributed by atoms with E-state index in [2.05, 4.69) is 32.2 Å². The van der Waals surface area contributed by atoms with Crippen molar-refractivity contribution >= 4 is 17.0 Å². The Morgan fingerprint density at radius 2 is 2.10 bits per heavy atom. The maximum absolute atomic E-state index is 11.6. The van der Waals surface area contributed by atoms with E-state index in [-0.39, 0.29) is 5.52 Å². The highest BCUT2D eigenvalue weighted by Gasteiger charge is 2.09. The lowest BCUT2D eigenvalue weighted by Gasteiger charge is -2.06. The zero-order chi connectivity index (χ0) is 14.8. The van der Waals surface area contributed by atoms with Crippen LogP contribution in [0.1, 0.15) is 13.3 Å². The molecule has 0 saturated heterocycles. The number of nitrogens with zero attached hydrogens (tertiary/aromatic N) is 3. The fourth-order valence-corrected chi connectivity index (χ4v) is 2.02. The normalized spacial score (nSPS) is 10.9. The minimum Gasteiger partial charge on any atom is -0.370 e. The second-order valence-corrected chi connectivity index (χ2v) is 4.55. The van der Waals surface area contributed by atoms with Gasteiger partial charge in [-0.25, -0.2) is 14.8 Å². The molecule has 0 unspecified atom stereocenters. The summed E-state index contributed by atoms with van der Waals surface area (Å²) in [5.74, 6) is 0.774. The first-order valence-corrected chi connectivity index (χ1v) is 6.59. The molecule has 0 saturated carbocycles. The van der Waals surface area contributed by atoms with Gasteiger partial charge in [-0.05, 0) is 18.6 Å². The average Bonchev–Trinajstić information content (AvgIpc) is 2.89. The molecule has 3 heterocycles. The number of rotatable bonds is 4. The highest BCUT2D eigenvalue weighted by atomic mass is 16.2. The van der Waals surface area contributed by atoms with Crippen LogP contribution in [0.2, 0.25) is 0 Å². The van der Waals surface area contributed by atoms with E-state index in [0.29, 0.717) is 11.3 Å². The van der Waals surface area contributed by atoms with Gasteiger partial charge >= 0.3 is 5.69 Å². The third-order valence-corrected chi connectivity index (χ3v) is 3.02. The van der Waals surface area contributed by atoms with Gasteiger partial charge in [0.2, 0.25) is 0 Å². The van der Waals surface area contributed by atoms with Crippen LogP contribution in [0, 0.1) is 0 Å². The predicted molar refractivity (Wildman–Crippen MR) is 78.9 cm³/mol. The molecule has 21 heavy (non-hydrogen) atoms. The number of hydrogen-bond donors (Lipinski definition) is 3. The van der Waals surface area contributed by atoms with Crippen molar-refractivity contribution in [1.29, 1.82) is 0 Å². The van der Waals surface area contributed by atoms with E-state index < -0.39 is 11.2 Å². The van der Waals surface area contributed by atoms with Crippen LogP contribution in [-0.2, 0) is 0 Å². The van der Waals surface area contributed by atoms with Crippen LogP contribution in [0.15, 0.2) is 34.2 Å². The summed E-state index contributed by atoms with van der Waals surface area (Å²) in [4.78, 5) is 36.0. The zero-order valence-electron chi connectivity index (χ0n) is 11.4. The van der Waals surface area contributed by atoms with Crippen molar-refractivity contribution in [1.82, 2.24) is 24.5 Å². The fraction of sp³-hybridized carbons (Fsp3) is 0.231. The topological polar surface area (TPSA) is 108 Å². The smallest absolute Gasteiger partial charge is 0.327 e. The van der Waals surface area contributed by atoms with Gasteiger partial charge in [0.15, 0.2) is 11.2 Å². The monoisotopic (exact) mass is 286 g/mol. The SMILES string of the molecule is CCCNc1ccc(-n2cnc3c(=O)[nH]c(=O)[nH]c32)cn1. The van der Waals surface area contributed by atoms with Gasteiger partial charge in [0.05, 0.1) is 11.9 Å². The fourth-order valence-electron chi connectivity index (χ4n) is 2.02. The molecular formula is C13H14N6O2. The number of pyridine rings is 1. The molecule has 8 nitrogen and oxygen atoms in total. The van der Waals surface area contributed by atoms with E-state index in [1.54, 1.807) is 10.8 Å². The van der Waals surface area contributed by atoms with Crippen LogP contribution < -0.4 is 16.6 Å². The van der Waals surface area contributed by atoms with E-state index >= 15 is 0 Å². The summed E-state index contributed by atoms with van der Waals surface area (Å²) in [5, 5.41) is 3.17. The van der Waals surface area contributed by atoms with Crippen LogP contribution in [0.3, 0.4) is 0 Å². The Hall–Kier alpha value is -2.90. The first-order valence-electron chi connectivity index (χ1n) is 6.59. The number of hydrogen-bond acceptors (Lipinski definition) is 5. The standard InChI is InChI=1S/C13H14N6O2/c1-2-5-14-9-4-3-8(6-15-9)19-7-16-10-11(19)17-13(21)18-12(10)20/h3-4,6-7H,2,5H2,1H3,(H,14,15)(H2,17,18,20,21). The maximum atomic E-state index is 11.6. The molecule has 3 aromatic rings. The Balaban J connectivity index is 2.04. The Morgan fingerprint density at radius 1 is 1.24 bits per heavy atom. The molecule has 3 rings (SSSR count). The Kier molecular flexibility index (Phi) is 3.27. The van der Waals surface area contributed by atoms with E-state index in [9.17, 15) is 9.59 Å². The molecule has 0 aromatic carbocycles. The van der Waals surface area contributed by atoms with Gasteiger partial charge in [0.25, 0.3) is 5.56 Å². The van der Waals surface area contributed by atoms with Crippen molar-refractivity contribution < 1.29 is 0 Å². The molecule has 0 atom stereocenters. The predicted octanol–water partition coefficient (Wildman–Crippen LogP) is 0.619. The van der Waals surface area contributed by atoms with Gasteiger partial charge in [-0.3, -0.25) is 19.3 Å². The second-order valence-electron chi connectivity index (χ2n) is 4.55. The molecule has 0 spiro atoms. The molecule has 108 valence electrons. The number of aromatic nitrogens is 5. The molecule has 3 aromatic heterocycles. The van der Waals surface area contributed by atoms with Gasteiger partial charge in [0, 0.05) is 6.54 Å². The summed E-state index contributed by atoms with van der Waals surface area (Å²) in [6.07, 6.45) is 4.14. The van der Waals surface area contributed by atoms with E-state index in [0.717, 1.165) is 18.8 Å². The van der Waals surface area contributed by atoms with E-state index in [4.69, 9.17) is 0 Å². The van der Waals surface area contributed by atoms with E-state index in [1.165, 1.54) is 6.33 Å². The van der Waals surface area contributed by atoms with Gasteiger partial charge in [-0.15, -0.1) is 0 Å². The lowest BCUT2D eigenvalue weighted by molar-refractivity contribution is 0.965. The van der Waals surface area contributed by atoms with Crippen LogP contribution >= 0.6 is 0 Å². The number of imidazole rings is 1. The van der Waals surface area contributed by atoms with Crippen LogP contribution in [0.25, 0.3) is 16.9 Å². The Bertz CT molecular complexity index is 874. The summed E-state index contributed by atoms with van der Waals surface area (Å²) >= 11 is 0. The molecular weight excluding hydrogens is 272 g/mol. The summed E-state index contributed by atoms with van der Waals surface area (Å²) < 4.78 is 1.61.